The van der Waals surface area contributed by atoms with Crippen molar-refractivity contribution in [1.82, 2.24) is 4.90 Å². The second-order valence-electron chi connectivity index (χ2n) is 6.39. The highest BCUT2D eigenvalue weighted by Crippen LogP contribution is 2.23. The molecule has 120 valence electrons. The van der Waals surface area contributed by atoms with Crippen LogP contribution in [0, 0.1) is 5.92 Å². The van der Waals surface area contributed by atoms with Crippen molar-refractivity contribution in [2.45, 2.75) is 90.9 Å². The maximum atomic E-state index is 11.7. The molecule has 0 aromatic heterocycles. The quantitative estimate of drug-likeness (QED) is 0.414. The molecule has 0 bridgehead atoms. The van der Waals surface area contributed by atoms with E-state index in [2.05, 4.69) is 13.8 Å². The number of carbonyl (C=O) groups is 1. The molecule has 0 unspecified atom stereocenters. The van der Waals surface area contributed by atoms with E-state index in [0.29, 0.717) is 0 Å². The van der Waals surface area contributed by atoms with Gasteiger partial charge in [-0.2, -0.15) is 0 Å². The van der Waals surface area contributed by atoms with E-state index in [1.165, 1.54) is 64.2 Å². The molecule has 0 aromatic rings. The Kier molecular flexibility index (Phi) is 13.1. The summed E-state index contributed by atoms with van der Waals surface area (Å²) in [6, 6.07) is 0. The zero-order valence-electron chi connectivity index (χ0n) is 14.4. The number of amides is 1. The summed E-state index contributed by atoms with van der Waals surface area (Å²) in [4.78, 5) is 13.5. The molecular formula is C18H37NO. The van der Waals surface area contributed by atoms with E-state index >= 15 is 0 Å². The first-order valence-electron chi connectivity index (χ1n) is 8.81. The van der Waals surface area contributed by atoms with Crippen LogP contribution in [0.2, 0.25) is 0 Å². The van der Waals surface area contributed by atoms with E-state index < -0.39 is 0 Å². The van der Waals surface area contributed by atoms with Crippen LogP contribution in [-0.4, -0.2) is 24.9 Å². The van der Waals surface area contributed by atoms with E-state index in [0.717, 1.165) is 18.8 Å². The summed E-state index contributed by atoms with van der Waals surface area (Å²) in [7, 11) is 3.72. The van der Waals surface area contributed by atoms with E-state index in [4.69, 9.17) is 0 Å². The van der Waals surface area contributed by atoms with Crippen LogP contribution >= 0.6 is 0 Å². The molecule has 0 N–H and O–H groups in total. The Bertz CT molecular complexity index is 213. The Morgan fingerprint density at radius 2 is 1.30 bits per heavy atom. The molecule has 0 radical (unpaired) electrons. The van der Waals surface area contributed by atoms with Gasteiger partial charge in [-0.25, -0.2) is 0 Å². The number of unbranched alkanes of at least 4 members (excludes halogenated alkanes) is 6. The molecule has 0 fully saturated rings. The van der Waals surface area contributed by atoms with Crippen molar-refractivity contribution >= 4 is 5.91 Å². The van der Waals surface area contributed by atoms with Gasteiger partial charge in [0.2, 0.25) is 5.91 Å². The van der Waals surface area contributed by atoms with Crippen molar-refractivity contribution < 1.29 is 4.79 Å². The summed E-state index contributed by atoms with van der Waals surface area (Å²) in [6.07, 6.45) is 15.2. The topological polar surface area (TPSA) is 20.3 Å². The van der Waals surface area contributed by atoms with Gasteiger partial charge in [-0.05, 0) is 12.3 Å². The van der Waals surface area contributed by atoms with Crippen molar-refractivity contribution in [3.63, 3.8) is 0 Å². The molecule has 0 saturated carbocycles. The Hall–Kier alpha value is -0.530. The van der Waals surface area contributed by atoms with Crippen LogP contribution in [0.1, 0.15) is 90.9 Å². The second kappa shape index (κ2) is 13.5. The Labute approximate surface area is 127 Å². The van der Waals surface area contributed by atoms with Gasteiger partial charge in [0.25, 0.3) is 0 Å². The van der Waals surface area contributed by atoms with Crippen molar-refractivity contribution in [3.8, 4) is 0 Å². The molecule has 0 heterocycles. The molecule has 20 heavy (non-hydrogen) atoms. The van der Waals surface area contributed by atoms with Crippen LogP contribution in [0.15, 0.2) is 0 Å². The molecule has 0 spiro atoms. The molecule has 0 aliphatic carbocycles. The lowest BCUT2D eigenvalue weighted by molar-refractivity contribution is -0.129. The Morgan fingerprint density at radius 3 is 1.70 bits per heavy atom. The van der Waals surface area contributed by atoms with Gasteiger partial charge >= 0.3 is 0 Å². The van der Waals surface area contributed by atoms with Gasteiger partial charge in [0.1, 0.15) is 0 Å². The lowest BCUT2D eigenvalue weighted by Crippen LogP contribution is -2.22. The predicted molar refractivity (Wildman–Crippen MR) is 88.9 cm³/mol. The number of hydrogen-bond donors (Lipinski definition) is 0. The number of rotatable bonds is 13. The van der Waals surface area contributed by atoms with Crippen LogP contribution in [0.4, 0.5) is 0 Å². The molecule has 0 aliphatic rings. The number of hydrogen-bond acceptors (Lipinski definition) is 1. The maximum absolute atomic E-state index is 11.7. The van der Waals surface area contributed by atoms with Gasteiger partial charge in [0.05, 0.1) is 0 Å². The number of carbonyl (C=O) groups excluding carboxylic acids is 1. The fourth-order valence-electron chi connectivity index (χ4n) is 2.70. The molecule has 2 nitrogen and oxygen atoms in total. The van der Waals surface area contributed by atoms with Gasteiger partial charge in [0, 0.05) is 20.5 Å². The van der Waals surface area contributed by atoms with Crippen molar-refractivity contribution in [2.75, 3.05) is 14.1 Å². The fourth-order valence-corrected chi connectivity index (χ4v) is 2.70. The molecule has 0 rings (SSSR count). The van der Waals surface area contributed by atoms with Gasteiger partial charge in [-0.1, -0.05) is 78.1 Å². The highest BCUT2D eigenvalue weighted by molar-refractivity contribution is 5.75. The summed E-state index contributed by atoms with van der Waals surface area (Å²) >= 11 is 0. The highest BCUT2D eigenvalue weighted by atomic mass is 16.2. The molecule has 1 amide bonds. The van der Waals surface area contributed by atoms with Gasteiger partial charge < -0.3 is 4.90 Å². The fraction of sp³-hybridized carbons (Fsp3) is 0.944. The molecule has 0 aromatic carbocycles. The largest absolute Gasteiger partial charge is 0.349 e. The summed E-state index contributed by atoms with van der Waals surface area (Å²) in [5.41, 5.74) is 0. The van der Waals surface area contributed by atoms with E-state index in [-0.39, 0.29) is 5.91 Å². The number of nitrogens with zero attached hydrogens (tertiary/aromatic N) is 1. The van der Waals surface area contributed by atoms with Crippen LogP contribution in [-0.2, 0) is 4.79 Å². The third-order valence-corrected chi connectivity index (χ3v) is 4.20. The van der Waals surface area contributed by atoms with Crippen molar-refractivity contribution in [3.05, 3.63) is 0 Å². The normalized spacial score (nSPS) is 11.1. The van der Waals surface area contributed by atoms with Gasteiger partial charge in [-0.3, -0.25) is 4.79 Å². The summed E-state index contributed by atoms with van der Waals surface area (Å²) < 4.78 is 0. The first kappa shape index (κ1) is 19.5. The zero-order chi connectivity index (χ0) is 15.2. The van der Waals surface area contributed by atoms with Crippen LogP contribution in [0.25, 0.3) is 0 Å². The molecule has 0 aliphatic heterocycles. The SMILES string of the molecule is CCCCCCC(CCCCCC)CCC(=O)N(C)C. The average molecular weight is 283 g/mol. The predicted octanol–water partition coefficient (Wildman–Crippen LogP) is 5.41. The minimum atomic E-state index is 0.289. The monoisotopic (exact) mass is 283 g/mol. The molecule has 0 saturated heterocycles. The van der Waals surface area contributed by atoms with Gasteiger partial charge in [0.15, 0.2) is 0 Å². The smallest absolute Gasteiger partial charge is 0.222 e. The van der Waals surface area contributed by atoms with Gasteiger partial charge in [-0.15, -0.1) is 0 Å². The average Bonchev–Trinajstić information content (AvgIpc) is 2.43. The highest BCUT2D eigenvalue weighted by Gasteiger charge is 2.12. The zero-order valence-corrected chi connectivity index (χ0v) is 14.4. The van der Waals surface area contributed by atoms with E-state index in [9.17, 15) is 4.79 Å². The van der Waals surface area contributed by atoms with Crippen molar-refractivity contribution in [1.29, 1.82) is 0 Å². The van der Waals surface area contributed by atoms with Crippen LogP contribution < -0.4 is 0 Å². The van der Waals surface area contributed by atoms with Crippen LogP contribution in [0.3, 0.4) is 0 Å². The first-order valence-corrected chi connectivity index (χ1v) is 8.81. The Morgan fingerprint density at radius 1 is 0.800 bits per heavy atom. The minimum absolute atomic E-state index is 0.289. The van der Waals surface area contributed by atoms with Crippen LogP contribution in [0.5, 0.6) is 0 Å². The lowest BCUT2D eigenvalue weighted by atomic mass is 9.90. The molecule has 0 atom stereocenters. The first-order chi connectivity index (χ1) is 9.61. The third kappa shape index (κ3) is 11.3. The summed E-state index contributed by atoms with van der Waals surface area (Å²) in [5, 5.41) is 0. The van der Waals surface area contributed by atoms with Crippen molar-refractivity contribution in [2.24, 2.45) is 5.92 Å². The summed E-state index contributed by atoms with van der Waals surface area (Å²) in [6.45, 7) is 4.52. The maximum Gasteiger partial charge on any atom is 0.222 e. The third-order valence-electron chi connectivity index (χ3n) is 4.20. The van der Waals surface area contributed by atoms with E-state index in [1.807, 2.05) is 14.1 Å². The summed E-state index contributed by atoms with van der Waals surface area (Å²) in [5.74, 6) is 1.06. The molecular weight excluding hydrogens is 246 g/mol. The standard InChI is InChI=1S/C18H37NO/c1-5-7-9-11-13-17(14-12-10-8-6-2)15-16-18(20)19(3)4/h17H,5-16H2,1-4H3. The minimum Gasteiger partial charge on any atom is -0.349 e. The lowest BCUT2D eigenvalue weighted by Gasteiger charge is -2.18. The second-order valence-corrected chi connectivity index (χ2v) is 6.39. The Balaban J connectivity index is 3.93. The van der Waals surface area contributed by atoms with E-state index in [1.54, 1.807) is 4.90 Å². The molecule has 2 heteroatoms.